The van der Waals surface area contributed by atoms with Crippen LogP contribution in [0.15, 0.2) is 79.1 Å². The molecular weight excluding hydrogens is 234 g/mol. The smallest absolute Gasteiger partial charge is 0.119 e. The van der Waals surface area contributed by atoms with Gasteiger partial charge < -0.3 is 9.30 Å². The van der Waals surface area contributed by atoms with E-state index in [2.05, 4.69) is 28.8 Å². The Morgan fingerprint density at radius 2 is 1.42 bits per heavy atom. The molecule has 0 aliphatic heterocycles. The summed E-state index contributed by atoms with van der Waals surface area (Å²) < 4.78 is 7.83. The summed E-state index contributed by atoms with van der Waals surface area (Å²) in [6.45, 7) is 0.601. The molecule has 0 fully saturated rings. The highest BCUT2D eigenvalue weighted by atomic mass is 16.5. The molecule has 94 valence electrons. The van der Waals surface area contributed by atoms with Crippen LogP contribution in [0.25, 0.3) is 5.69 Å². The second-order valence-corrected chi connectivity index (χ2v) is 4.36. The summed E-state index contributed by atoms with van der Waals surface area (Å²) in [7, 11) is 0. The van der Waals surface area contributed by atoms with Crippen molar-refractivity contribution in [2.24, 2.45) is 0 Å². The molecule has 1 aromatic heterocycles. The molecule has 0 aliphatic rings. The minimum atomic E-state index is 0.601. The van der Waals surface area contributed by atoms with Crippen LogP contribution < -0.4 is 4.74 Å². The molecule has 0 amide bonds. The van der Waals surface area contributed by atoms with E-state index in [1.807, 2.05) is 54.9 Å². The fraction of sp³-hybridized carbons (Fsp3) is 0.0588. The zero-order chi connectivity index (χ0) is 12.9. The normalized spacial score (nSPS) is 10.3. The number of hydrogen-bond acceptors (Lipinski definition) is 1. The summed E-state index contributed by atoms with van der Waals surface area (Å²) in [6, 6.07) is 22.3. The van der Waals surface area contributed by atoms with E-state index in [9.17, 15) is 0 Å². The van der Waals surface area contributed by atoms with Gasteiger partial charge in [-0.2, -0.15) is 0 Å². The molecule has 2 nitrogen and oxygen atoms in total. The Balaban J connectivity index is 1.67. The standard InChI is InChI=1S/C17H15NO/c1-2-6-15(7-3-1)14-19-17-10-8-16(9-11-17)18-12-4-5-13-18/h1-13H,14H2. The van der Waals surface area contributed by atoms with Crippen molar-refractivity contribution in [2.75, 3.05) is 0 Å². The Morgan fingerprint density at radius 1 is 0.737 bits per heavy atom. The molecule has 2 aromatic carbocycles. The van der Waals surface area contributed by atoms with Gasteiger partial charge in [0, 0.05) is 18.1 Å². The van der Waals surface area contributed by atoms with Gasteiger partial charge in [-0.1, -0.05) is 30.3 Å². The molecule has 0 aliphatic carbocycles. The van der Waals surface area contributed by atoms with Crippen LogP contribution >= 0.6 is 0 Å². The summed E-state index contributed by atoms with van der Waals surface area (Å²) in [5.41, 5.74) is 2.31. The lowest BCUT2D eigenvalue weighted by atomic mass is 10.2. The number of aromatic nitrogens is 1. The highest BCUT2D eigenvalue weighted by Crippen LogP contribution is 2.16. The van der Waals surface area contributed by atoms with Gasteiger partial charge in [-0.05, 0) is 42.0 Å². The number of hydrogen-bond donors (Lipinski definition) is 0. The summed E-state index contributed by atoms with van der Waals surface area (Å²) in [4.78, 5) is 0. The fourth-order valence-electron chi connectivity index (χ4n) is 1.96. The lowest BCUT2D eigenvalue weighted by molar-refractivity contribution is 0.306. The van der Waals surface area contributed by atoms with Crippen molar-refractivity contribution in [2.45, 2.75) is 6.61 Å². The second kappa shape index (κ2) is 5.44. The highest BCUT2D eigenvalue weighted by molar-refractivity contribution is 5.37. The molecule has 0 radical (unpaired) electrons. The van der Waals surface area contributed by atoms with Gasteiger partial charge >= 0.3 is 0 Å². The molecule has 0 spiro atoms. The van der Waals surface area contributed by atoms with Crippen molar-refractivity contribution in [1.29, 1.82) is 0 Å². The monoisotopic (exact) mass is 249 g/mol. The van der Waals surface area contributed by atoms with Gasteiger partial charge in [-0.3, -0.25) is 0 Å². The van der Waals surface area contributed by atoms with E-state index < -0.39 is 0 Å². The maximum atomic E-state index is 5.76. The van der Waals surface area contributed by atoms with Crippen molar-refractivity contribution in [3.05, 3.63) is 84.7 Å². The van der Waals surface area contributed by atoms with E-state index in [1.165, 1.54) is 5.56 Å². The van der Waals surface area contributed by atoms with Gasteiger partial charge in [0.15, 0.2) is 0 Å². The molecule has 0 N–H and O–H groups in total. The number of nitrogens with zero attached hydrogens (tertiary/aromatic N) is 1. The van der Waals surface area contributed by atoms with Crippen LogP contribution in [0.1, 0.15) is 5.56 Å². The first kappa shape index (κ1) is 11.6. The van der Waals surface area contributed by atoms with E-state index in [0.717, 1.165) is 11.4 Å². The van der Waals surface area contributed by atoms with Crippen LogP contribution in [0.3, 0.4) is 0 Å². The van der Waals surface area contributed by atoms with E-state index in [0.29, 0.717) is 6.61 Å². The third-order valence-corrected chi connectivity index (χ3v) is 2.99. The summed E-state index contributed by atoms with van der Waals surface area (Å²) in [5.74, 6) is 0.889. The zero-order valence-electron chi connectivity index (χ0n) is 10.6. The van der Waals surface area contributed by atoms with Crippen LogP contribution in [0.4, 0.5) is 0 Å². The molecule has 1 heterocycles. The molecule has 19 heavy (non-hydrogen) atoms. The maximum Gasteiger partial charge on any atom is 0.119 e. The van der Waals surface area contributed by atoms with E-state index >= 15 is 0 Å². The fourth-order valence-corrected chi connectivity index (χ4v) is 1.96. The van der Waals surface area contributed by atoms with Crippen molar-refractivity contribution in [3.8, 4) is 11.4 Å². The van der Waals surface area contributed by atoms with Gasteiger partial charge in [0.25, 0.3) is 0 Å². The topological polar surface area (TPSA) is 14.2 Å². The van der Waals surface area contributed by atoms with E-state index in [4.69, 9.17) is 4.74 Å². The van der Waals surface area contributed by atoms with E-state index in [-0.39, 0.29) is 0 Å². The Morgan fingerprint density at radius 3 is 2.11 bits per heavy atom. The Labute approximate surface area is 112 Å². The number of benzene rings is 2. The summed E-state index contributed by atoms with van der Waals surface area (Å²) in [5, 5.41) is 0. The molecule has 0 unspecified atom stereocenters. The summed E-state index contributed by atoms with van der Waals surface area (Å²) in [6.07, 6.45) is 4.06. The number of rotatable bonds is 4. The van der Waals surface area contributed by atoms with Gasteiger partial charge in [-0.25, -0.2) is 0 Å². The minimum absolute atomic E-state index is 0.601. The van der Waals surface area contributed by atoms with Gasteiger partial charge in [-0.15, -0.1) is 0 Å². The number of ether oxygens (including phenoxy) is 1. The molecular formula is C17H15NO. The average molecular weight is 249 g/mol. The quantitative estimate of drug-likeness (QED) is 0.680. The van der Waals surface area contributed by atoms with Gasteiger partial charge in [0.2, 0.25) is 0 Å². The van der Waals surface area contributed by atoms with Gasteiger partial charge in [0.1, 0.15) is 12.4 Å². The molecule has 0 atom stereocenters. The first-order chi connectivity index (χ1) is 9.42. The van der Waals surface area contributed by atoms with Crippen LogP contribution in [0.2, 0.25) is 0 Å². The van der Waals surface area contributed by atoms with Crippen LogP contribution in [-0.4, -0.2) is 4.57 Å². The Hall–Kier alpha value is -2.48. The second-order valence-electron chi connectivity index (χ2n) is 4.36. The maximum absolute atomic E-state index is 5.76. The first-order valence-electron chi connectivity index (χ1n) is 6.32. The van der Waals surface area contributed by atoms with Crippen molar-refractivity contribution >= 4 is 0 Å². The lowest BCUT2D eigenvalue weighted by Gasteiger charge is -2.08. The first-order valence-corrected chi connectivity index (χ1v) is 6.32. The largest absolute Gasteiger partial charge is 0.489 e. The predicted molar refractivity (Wildman–Crippen MR) is 76.5 cm³/mol. The molecule has 0 saturated carbocycles. The molecule has 3 rings (SSSR count). The Bertz CT molecular complexity index is 612. The third-order valence-electron chi connectivity index (χ3n) is 2.99. The zero-order valence-corrected chi connectivity index (χ0v) is 10.6. The van der Waals surface area contributed by atoms with Crippen molar-refractivity contribution < 1.29 is 4.74 Å². The van der Waals surface area contributed by atoms with Crippen LogP contribution in [0, 0.1) is 0 Å². The predicted octanol–water partition coefficient (Wildman–Crippen LogP) is 4.06. The molecule has 3 aromatic rings. The van der Waals surface area contributed by atoms with Crippen molar-refractivity contribution in [1.82, 2.24) is 4.57 Å². The lowest BCUT2D eigenvalue weighted by Crippen LogP contribution is -1.95. The molecule has 2 heteroatoms. The van der Waals surface area contributed by atoms with Gasteiger partial charge in [0.05, 0.1) is 0 Å². The molecule has 0 saturated heterocycles. The summed E-state index contributed by atoms with van der Waals surface area (Å²) >= 11 is 0. The highest BCUT2D eigenvalue weighted by Gasteiger charge is 1.97. The molecule has 0 bridgehead atoms. The van der Waals surface area contributed by atoms with Crippen molar-refractivity contribution in [3.63, 3.8) is 0 Å². The van der Waals surface area contributed by atoms with Crippen LogP contribution in [-0.2, 0) is 6.61 Å². The Kier molecular flexibility index (Phi) is 3.32. The van der Waals surface area contributed by atoms with Crippen LogP contribution in [0.5, 0.6) is 5.75 Å². The SMILES string of the molecule is c1ccc(COc2ccc(-n3cccc3)cc2)cc1. The van der Waals surface area contributed by atoms with E-state index in [1.54, 1.807) is 0 Å². The average Bonchev–Trinajstić information content (AvgIpc) is 3.01. The third kappa shape index (κ3) is 2.86. The minimum Gasteiger partial charge on any atom is -0.489 e.